The van der Waals surface area contributed by atoms with Crippen molar-refractivity contribution in [2.75, 3.05) is 50.6 Å². The van der Waals surface area contributed by atoms with Crippen LogP contribution in [0.15, 0.2) is 24.5 Å². The van der Waals surface area contributed by atoms with Crippen molar-refractivity contribution in [1.82, 2.24) is 24.6 Å². The molecule has 178 valence electrons. The number of hydrogen-bond acceptors (Lipinski definition) is 10. The number of aldehydes is 1. The number of benzene rings is 1. The van der Waals surface area contributed by atoms with Crippen LogP contribution < -0.4 is 15.0 Å². The van der Waals surface area contributed by atoms with E-state index in [2.05, 4.69) is 25.3 Å². The fourth-order valence-electron chi connectivity index (χ4n) is 3.81. The van der Waals surface area contributed by atoms with Gasteiger partial charge in [-0.15, -0.1) is 0 Å². The average Bonchev–Trinajstić information content (AvgIpc) is 3.20. The molecule has 2 aromatic heterocycles. The highest BCUT2D eigenvalue weighted by molar-refractivity contribution is 5.77. The number of nitro benzene ring substituents is 1. The zero-order valence-corrected chi connectivity index (χ0v) is 19.5. The van der Waals surface area contributed by atoms with E-state index < -0.39 is 4.92 Å². The number of carbonyl (C=O) groups is 1. The van der Waals surface area contributed by atoms with Crippen LogP contribution in [0.4, 0.5) is 23.0 Å². The summed E-state index contributed by atoms with van der Waals surface area (Å²) in [5, 5.41) is 19.3. The molecule has 1 saturated heterocycles. The summed E-state index contributed by atoms with van der Waals surface area (Å²) in [6.45, 7) is 6.57. The summed E-state index contributed by atoms with van der Waals surface area (Å²) in [5.41, 5.74) is 2.64. The number of aromatic nitrogens is 4. The molecule has 1 N–H and O–H groups in total. The first kappa shape index (κ1) is 23.1. The zero-order chi connectivity index (χ0) is 24.4. The number of hydrogen-bond donors (Lipinski definition) is 1. The maximum absolute atomic E-state index is 11.9. The Labute approximate surface area is 196 Å². The van der Waals surface area contributed by atoms with Gasteiger partial charge in [0, 0.05) is 56.3 Å². The van der Waals surface area contributed by atoms with Gasteiger partial charge in [0.15, 0.2) is 12.1 Å². The molecule has 4 rings (SSSR count). The number of piperazine rings is 1. The normalized spacial score (nSPS) is 14.2. The zero-order valence-electron chi connectivity index (χ0n) is 19.5. The van der Waals surface area contributed by atoms with Crippen molar-refractivity contribution in [2.45, 2.75) is 13.8 Å². The van der Waals surface area contributed by atoms with Gasteiger partial charge in [-0.2, -0.15) is 10.1 Å². The molecule has 0 bridgehead atoms. The smallest absolute Gasteiger partial charge is 0.294 e. The van der Waals surface area contributed by atoms with E-state index in [1.165, 1.54) is 17.9 Å². The fraction of sp³-hybridized carbons (Fsp3) is 0.364. The Kier molecular flexibility index (Phi) is 6.41. The van der Waals surface area contributed by atoms with Crippen LogP contribution in [0.2, 0.25) is 0 Å². The summed E-state index contributed by atoms with van der Waals surface area (Å²) < 4.78 is 7.05. The van der Waals surface area contributed by atoms with E-state index >= 15 is 0 Å². The molecule has 0 aliphatic carbocycles. The molecule has 1 aliphatic rings. The highest BCUT2D eigenvalue weighted by atomic mass is 16.6. The Morgan fingerprint density at radius 3 is 2.56 bits per heavy atom. The molecule has 1 aliphatic heterocycles. The molecule has 3 heterocycles. The predicted molar refractivity (Wildman–Crippen MR) is 127 cm³/mol. The van der Waals surface area contributed by atoms with E-state index in [-0.39, 0.29) is 11.6 Å². The quantitative estimate of drug-likeness (QED) is 0.315. The molecule has 0 amide bonds. The van der Waals surface area contributed by atoms with Crippen molar-refractivity contribution in [3.05, 3.63) is 51.5 Å². The predicted octanol–water partition coefficient (Wildman–Crippen LogP) is 2.50. The lowest BCUT2D eigenvalue weighted by atomic mass is 10.1. The van der Waals surface area contributed by atoms with Gasteiger partial charge in [-0.3, -0.25) is 14.9 Å². The van der Waals surface area contributed by atoms with Crippen LogP contribution in [0.5, 0.6) is 5.75 Å². The van der Waals surface area contributed by atoms with Gasteiger partial charge in [0.05, 0.1) is 29.0 Å². The number of nitrogens with one attached hydrogen (secondary N) is 1. The summed E-state index contributed by atoms with van der Waals surface area (Å²) in [5.74, 6) is 1.13. The van der Waals surface area contributed by atoms with Crippen molar-refractivity contribution in [2.24, 2.45) is 0 Å². The van der Waals surface area contributed by atoms with Gasteiger partial charge >= 0.3 is 0 Å². The Morgan fingerprint density at radius 1 is 1.21 bits per heavy atom. The number of likely N-dealkylation sites (N-methyl/N-ethyl adjacent to an activating group) is 1. The van der Waals surface area contributed by atoms with Gasteiger partial charge in [0.1, 0.15) is 11.4 Å². The molecule has 1 aromatic carbocycles. The van der Waals surface area contributed by atoms with E-state index in [0.717, 1.165) is 24.9 Å². The fourth-order valence-corrected chi connectivity index (χ4v) is 3.81. The third kappa shape index (κ3) is 4.53. The van der Waals surface area contributed by atoms with E-state index in [4.69, 9.17) is 4.74 Å². The van der Waals surface area contributed by atoms with Gasteiger partial charge in [0.2, 0.25) is 5.95 Å². The topological polar surface area (TPSA) is 132 Å². The number of rotatable bonds is 7. The van der Waals surface area contributed by atoms with Crippen LogP contribution in [0, 0.1) is 24.0 Å². The first-order chi connectivity index (χ1) is 16.3. The van der Waals surface area contributed by atoms with E-state index in [1.807, 2.05) is 18.9 Å². The molecule has 0 unspecified atom stereocenters. The molecule has 0 atom stereocenters. The van der Waals surface area contributed by atoms with Gasteiger partial charge in [-0.1, -0.05) is 0 Å². The van der Waals surface area contributed by atoms with Crippen LogP contribution in [-0.4, -0.2) is 76.2 Å². The summed E-state index contributed by atoms with van der Waals surface area (Å²) in [6, 6.07) is 3.12. The minimum atomic E-state index is -0.396. The molecule has 3 aromatic rings. The van der Waals surface area contributed by atoms with E-state index in [1.54, 1.807) is 25.4 Å². The monoisotopic (exact) mass is 466 g/mol. The number of nitro groups is 1. The second kappa shape index (κ2) is 9.43. The number of aryl methyl sites for hydroxylation is 2. The number of ether oxygens (including phenoxy) is 1. The summed E-state index contributed by atoms with van der Waals surface area (Å²) in [4.78, 5) is 35.7. The lowest BCUT2D eigenvalue weighted by Crippen LogP contribution is -2.44. The highest BCUT2D eigenvalue weighted by Gasteiger charge is 2.26. The maximum Gasteiger partial charge on any atom is 0.294 e. The first-order valence-electron chi connectivity index (χ1n) is 10.7. The minimum absolute atomic E-state index is 0.0292. The van der Waals surface area contributed by atoms with E-state index in [0.29, 0.717) is 47.3 Å². The Bertz CT molecular complexity index is 1230. The average molecular weight is 467 g/mol. The first-order valence-corrected chi connectivity index (χ1v) is 10.7. The molecule has 0 radical (unpaired) electrons. The molecule has 12 nitrogen and oxygen atoms in total. The molecule has 0 spiro atoms. The van der Waals surface area contributed by atoms with E-state index in [9.17, 15) is 14.9 Å². The maximum atomic E-state index is 11.9. The number of anilines is 3. The van der Waals surface area contributed by atoms with Crippen molar-refractivity contribution >= 4 is 29.3 Å². The Balaban J connectivity index is 1.70. The van der Waals surface area contributed by atoms with Gasteiger partial charge < -0.3 is 19.9 Å². The minimum Gasteiger partial charge on any atom is -0.494 e. The van der Waals surface area contributed by atoms with Gasteiger partial charge in [-0.05, 0) is 20.9 Å². The third-order valence-corrected chi connectivity index (χ3v) is 5.81. The van der Waals surface area contributed by atoms with Gasteiger partial charge in [0.25, 0.3) is 5.69 Å². The van der Waals surface area contributed by atoms with Crippen LogP contribution >= 0.6 is 0 Å². The second-order valence-electron chi connectivity index (χ2n) is 8.15. The second-order valence-corrected chi connectivity index (χ2v) is 8.15. The standard InChI is InChI=1S/C22H26N8O4/c1-14-11-23-22(25-21(14)29-12-16(13-31)15(2)26-29)24-17-9-19(30(32)33)18(10-20(17)34-4)28-7-5-27(3)6-8-28/h9-13H,5-8H2,1-4H3,(H,23,24,25). The van der Waals surface area contributed by atoms with Crippen LogP contribution in [-0.2, 0) is 0 Å². The Morgan fingerprint density at radius 2 is 1.94 bits per heavy atom. The Hall–Kier alpha value is -4.06. The molecular formula is C22H26N8O4. The largest absolute Gasteiger partial charge is 0.494 e. The van der Waals surface area contributed by atoms with Gasteiger partial charge in [-0.25, -0.2) is 9.67 Å². The highest BCUT2D eigenvalue weighted by Crippen LogP contribution is 2.39. The summed E-state index contributed by atoms with van der Waals surface area (Å²) in [6.07, 6.45) is 3.94. The summed E-state index contributed by atoms with van der Waals surface area (Å²) >= 11 is 0. The van der Waals surface area contributed by atoms with Crippen molar-refractivity contribution in [3.8, 4) is 11.6 Å². The SMILES string of the molecule is COc1cc(N2CCN(C)CC2)c([N+](=O)[O-])cc1Nc1ncc(C)c(-n2cc(C=O)c(C)n2)n1. The number of carbonyl (C=O) groups excluding carboxylic acids is 1. The molecular weight excluding hydrogens is 440 g/mol. The van der Waals surface area contributed by atoms with Crippen LogP contribution in [0.1, 0.15) is 21.6 Å². The lowest BCUT2D eigenvalue weighted by molar-refractivity contribution is -0.384. The third-order valence-electron chi connectivity index (χ3n) is 5.81. The molecule has 0 saturated carbocycles. The van der Waals surface area contributed by atoms with Crippen LogP contribution in [0.3, 0.4) is 0 Å². The van der Waals surface area contributed by atoms with Crippen molar-refractivity contribution in [1.29, 1.82) is 0 Å². The molecule has 34 heavy (non-hydrogen) atoms. The summed E-state index contributed by atoms with van der Waals surface area (Å²) in [7, 11) is 3.54. The molecule has 1 fully saturated rings. The number of methoxy groups -OCH3 is 1. The van der Waals surface area contributed by atoms with Crippen molar-refractivity contribution < 1.29 is 14.5 Å². The van der Waals surface area contributed by atoms with Crippen molar-refractivity contribution in [3.63, 3.8) is 0 Å². The number of nitrogens with zero attached hydrogens (tertiary/aromatic N) is 7. The lowest BCUT2D eigenvalue weighted by Gasteiger charge is -2.34. The molecule has 12 heteroatoms. The van der Waals surface area contributed by atoms with Crippen LogP contribution in [0.25, 0.3) is 5.82 Å².